The average molecular weight is 142 g/mol. The van der Waals surface area contributed by atoms with Crippen LogP contribution < -0.4 is 0 Å². The van der Waals surface area contributed by atoms with Gasteiger partial charge in [-0.2, -0.15) is 5.10 Å². The molecule has 1 rings (SSSR count). The first kappa shape index (κ1) is 7.54. The summed E-state index contributed by atoms with van der Waals surface area (Å²) >= 11 is 0. The van der Waals surface area contributed by atoms with Gasteiger partial charge in [0.25, 0.3) is 0 Å². The first-order valence-corrected chi connectivity index (χ1v) is 3.59. The third-order valence-electron chi connectivity index (χ3n) is 1.78. The van der Waals surface area contributed by atoms with Gasteiger partial charge in [0.15, 0.2) is 0 Å². The summed E-state index contributed by atoms with van der Waals surface area (Å²) in [7, 11) is 1.79. The van der Waals surface area contributed by atoms with Crippen LogP contribution in [0.2, 0.25) is 0 Å². The van der Waals surface area contributed by atoms with Gasteiger partial charge in [-0.05, 0) is 5.92 Å². The normalized spacial score (nSPS) is 25.9. The molecule has 1 aliphatic rings. The number of hydrazone groups is 1. The van der Waals surface area contributed by atoms with Gasteiger partial charge in [-0.25, -0.2) is 0 Å². The average Bonchev–Trinajstić information content (AvgIpc) is 2.13. The van der Waals surface area contributed by atoms with Gasteiger partial charge in [0.05, 0.1) is 0 Å². The quantitative estimate of drug-likeness (QED) is 0.583. The summed E-state index contributed by atoms with van der Waals surface area (Å²) < 4.78 is 0. The molecule has 3 nitrogen and oxygen atoms in total. The third-order valence-corrected chi connectivity index (χ3v) is 1.78. The molecule has 0 spiro atoms. The molecule has 1 N–H and O–H groups in total. The molecule has 0 aromatic carbocycles. The van der Waals surface area contributed by atoms with Crippen molar-refractivity contribution in [2.24, 2.45) is 11.0 Å². The standard InChI is InChI=1S/C7H14N2O/c1-5(2)6-4-7(10)9(3)8-6/h5,7,10H,4H2,1-3H3. The van der Waals surface area contributed by atoms with Gasteiger partial charge in [-0.3, -0.25) is 5.01 Å². The predicted octanol–water partition coefficient (Wildman–Crippen LogP) is 0.652. The topological polar surface area (TPSA) is 35.8 Å². The number of nitrogens with zero attached hydrogens (tertiary/aromatic N) is 2. The maximum absolute atomic E-state index is 9.23. The fourth-order valence-electron chi connectivity index (χ4n) is 0.980. The lowest BCUT2D eigenvalue weighted by Crippen LogP contribution is -2.21. The lowest BCUT2D eigenvalue weighted by atomic mass is 10.1. The van der Waals surface area contributed by atoms with Crippen LogP contribution in [0.5, 0.6) is 0 Å². The lowest BCUT2D eigenvalue weighted by molar-refractivity contribution is 0.0451. The van der Waals surface area contributed by atoms with Gasteiger partial charge in [0, 0.05) is 19.2 Å². The molecule has 1 unspecified atom stereocenters. The van der Waals surface area contributed by atoms with E-state index in [1.807, 2.05) is 0 Å². The molecule has 1 atom stereocenters. The molecule has 0 aliphatic carbocycles. The Morgan fingerprint density at radius 3 is 2.50 bits per heavy atom. The molecule has 0 radical (unpaired) electrons. The summed E-state index contributed by atoms with van der Waals surface area (Å²) in [4.78, 5) is 0. The molecule has 0 aromatic heterocycles. The molecule has 0 aromatic rings. The Labute approximate surface area is 61.3 Å². The van der Waals surface area contributed by atoms with Gasteiger partial charge < -0.3 is 5.11 Å². The highest BCUT2D eigenvalue weighted by molar-refractivity contribution is 5.87. The number of hydrogen-bond donors (Lipinski definition) is 1. The predicted molar refractivity (Wildman–Crippen MR) is 40.7 cm³/mol. The van der Waals surface area contributed by atoms with E-state index in [4.69, 9.17) is 0 Å². The Hall–Kier alpha value is -0.570. The molecule has 0 saturated carbocycles. The molecule has 0 amide bonds. The van der Waals surface area contributed by atoms with Crippen molar-refractivity contribution in [3.8, 4) is 0 Å². The zero-order chi connectivity index (χ0) is 7.72. The van der Waals surface area contributed by atoms with Crippen molar-refractivity contribution in [1.82, 2.24) is 5.01 Å². The first-order valence-electron chi connectivity index (χ1n) is 3.59. The molecule has 3 heteroatoms. The van der Waals surface area contributed by atoms with Gasteiger partial charge in [-0.1, -0.05) is 13.8 Å². The van der Waals surface area contributed by atoms with Crippen molar-refractivity contribution in [3.63, 3.8) is 0 Å². The molecule has 1 heterocycles. The highest BCUT2D eigenvalue weighted by Gasteiger charge is 2.22. The minimum atomic E-state index is -0.391. The molecule has 0 saturated heterocycles. The van der Waals surface area contributed by atoms with Crippen LogP contribution in [0.4, 0.5) is 0 Å². The summed E-state index contributed by atoms with van der Waals surface area (Å²) in [5.74, 6) is 0.458. The Kier molecular flexibility index (Phi) is 1.94. The summed E-state index contributed by atoms with van der Waals surface area (Å²) in [5.41, 5.74) is 1.09. The monoisotopic (exact) mass is 142 g/mol. The minimum absolute atomic E-state index is 0.391. The molecule has 1 aliphatic heterocycles. The van der Waals surface area contributed by atoms with Crippen LogP contribution in [0, 0.1) is 5.92 Å². The highest BCUT2D eigenvalue weighted by Crippen LogP contribution is 2.15. The second-order valence-electron chi connectivity index (χ2n) is 3.00. The van der Waals surface area contributed by atoms with Crippen LogP contribution in [0.1, 0.15) is 20.3 Å². The summed E-state index contributed by atoms with van der Waals surface area (Å²) in [5, 5.41) is 15.0. The van der Waals surface area contributed by atoms with Crippen LogP contribution >= 0.6 is 0 Å². The lowest BCUT2D eigenvalue weighted by Gasteiger charge is -2.10. The fraction of sp³-hybridized carbons (Fsp3) is 0.857. The van der Waals surface area contributed by atoms with E-state index < -0.39 is 6.23 Å². The summed E-state index contributed by atoms with van der Waals surface area (Å²) in [6.45, 7) is 4.18. The van der Waals surface area contributed by atoms with Crippen molar-refractivity contribution in [2.45, 2.75) is 26.5 Å². The van der Waals surface area contributed by atoms with E-state index in [1.165, 1.54) is 0 Å². The van der Waals surface area contributed by atoms with Gasteiger partial charge in [0.1, 0.15) is 6.23 Å². The molecular weight excluding hydrogens is 128 g/mol. The summed E-state index contributed by atoms with van der Waals surface area (Å²) in [6.07, 6.45) is 0.311. The number of aliphatic hydroxyl groups is 1. The molecule has 0 bridgehead atoms. The Morgan fingerprint density at radius 2 is 2.30 bits per heavy atom. The Bertz CT molecular complexity index is 154. The van der Waals surface area contributed by atoms with Crippen LogP contribution in [-0.4, -0.2) is 29.1 Å². The fourth-order valence-corrected chi connectivity index (χ4v) is 0.980. The molecule has 58 valence electrons. The third kappa shape index (κ3) is 1.29. The molecule has 10 heavy (non-hydrogen) atoms. The first-order chi connectivity index (χ1) is 4.61. The maximum atomic E-state index is 9.23. The zero-order valence-corrected chi connectivity index (χ0v) is 6.70. The van der Waals surface area contributed by atoms with E-state index in [1.54, 1.807) is 12.1 Å². The molecule has 0 fully saturated rings. The van der Waals surface area contributed by atoms with E-state index >= 15 is 0 Å². The largest absolute Gasteiger partial charge is 0.372 e. The number of rotatable bonds is 1. The maximum Gasteiger partial charge on any atom is 0.147 e. The van der Waals surface area contributed by atoms with Gasteiger partial charge in [0.2, 0.25) is 0 Å². The Balaban J connectivity index is 2.58. The van der Waals surface area contributed by atoms with Crippen LogP contribution in [0.3, 0.4) is 0 Å². The van der Waals surface area contributed by atoms with Crippen molar-refractivity contribution < 1.29 is 5.11 Å². The second kappa shape index (κ2) is 2.58. The SMILES string of the molecule is CC(C)C1=NN(C)C(O)C1. The van der Waals surface area contributed by atoms with E-state index in [2.05, 4.69) is 18.9 Å². The summed E-state index contributed by atoms with van der Waals surface area (Å²) in [6, 6.07) is 0. The van der Waals surface area contributed by atoms with Crippen LogP contribution in [-0.2, 0) is 0 Å². The van der Waals surface area contributed by atoms with Crippen molar-refractivity contribution >= 4 is 5.71 Å². The Morgan fingerprint density at radius 1 is 1.70 bits per heavy atom. The molecular formula is C7H14N2O. The zero-order valence-electron chi connectivity index (χ0n) is 6.70. The number of aliphatic hydroxyl groups excluding tert-OH is 1. The highest BCUT2D eigenvalue weighted by atomic mass is 16.3. The van der Waals surface area contributed by atoms with Crippen LogP contribution in [0.25, 0.3) is 0 Å². The van der Waals surface area contributed by atoms with Gasteiger partial charge in [-0.15, -0.1) is 0 Å². The van der Waals surface area contributed by atoms with Gasteiger partial charge >= 0.3 is 0 Å². The minimum Gasteiger partial charge on any atom is -0.372 e. The van der Waals surface area contributed by atoms with Crippen molar-refractivity contribution in [1.29, 1.82) is 0 Å². The number of hydrogen-bond acceptors (Lipinski definition) is 3. The van der Waals surface area contributed by atoms with E-state index in [0.717, 1.165) is 5.71 Å². The van der Waals surface area contributed by atoms with Crippen LogP contribution in [0.15, 0.2) is 5.10 Å². The van der Waals surface area contributed by atoms with Crippen molar-refractivity contribution in [2.75, 3.05) is 7.05 Å². The van der Waals surface area contributed by atoms with E-state index in [0.29, 0.717) is 12.3 Å². The van der Waals surface area contributed by atoms with E-state index in [-0.39, 0.29) is 0 Å². The van der Waals surface area contributed by atoms with Crippen molar-refractivity contribution in [3.05, 3.63) is 0 Å². The smallest absolute Gasteiger partial charge is 0.147 e. The second-order valence-corrected chi connectivity index (χ2v) is 3.00. The van der Waals surface area contributed by atoms with E-state index in [9.17, 15) is 5.11 Å².